The number of carbonyl (C=O) groups excluding carboxylic acids is 1. The number of hydrogen-bond acceptors (Lipinski definition) is 6. The SMILES string of the molecule is CCO[C@@H]1C[C@H](c2cnc(C)s2)OC2(CCN(C(=O)c3ccc(OC(C)C)c(C)c3)CC2)C1. The van der Waals surface area contributed by atoms with Gasteiger partial charge in [0.2, 0.25) is 0 Å². The zero-order valence-corrected chi connectivity index (χ0v) is 21.2. The van der Waals surface area contributed by atoms with Crippen LogP contribution in [0.4, 0.5) is 0 Å². The Bertz CT molecular complexity index is 965. The molecule has 0 aliphatic carbocycles. The van der Waals surface area contributed by atoms with Crippen molar-refractivity contribution in [2.24, 2.45) is 0 Å². The maximum atomic E-state index is 13.2. The number of aromatic nitrogens is 1. The highest BCUT2D eigenvalue weighted by molar-refractivity contribution is 7.11. The van der Waals surface area contributed by atoms with E-state index in [9.17, 15) is 4.79 Å². The highest BCUT2D eigenvalue weighted by Crippen LogP contribution is 2.45. The van der Waals surface area contributed by atoms with E-state index in [-0.39, 0.29) is 29.8 Å². The number of likely N-dealkylation sites (tertiary alicyclic amines) is 1. The predicted octanol–water partition coefficient (Wildman–Crippen LogP) is 5.48. The molecule has 1 aromatic carbocycles. The lowest BCUT2D eigenvalue weighted by molar-refractivity contribution is -0.189. The third-order valence-electron chi connectivity index (χ3n) is 6.57. The summed E-state index contributed by atoms with van der Waals surface area (Å²) in [7, 11) is 0. The monoisotopic (exact) mass is 472 g/mol. The van der Waals surface area contributed by atoms with E-state index < -0.39 is 0 Å². The summed E-state index contributed by atoms with van der Waals surface area (Å²) >= 11 is 1.70. The number of aryl methyl sites for hydroxylation is 2. The van der Waals surface area contributed by atoms with Crippen molar-refractivity contribution < 1.29 is 19.0 Å². The van der Waals surface area contributed by atoms with E-state index in [4.69, 9.17) is 14.2 Å². The van der Waals surface area contributed by atoms with Crippen LogP contribution in [0.1, 0.15) is 78.4 Å². The summed E-state index contributed by atoms with van der Waals surface area (Å²) in [5.74, 6) is 0.914. The van der Waals surface area contributed by atoms with Crippen LogP contribution in [-0.2, 0) is 9.47 Å². The Kier molecular flexibility index (Phi) is 7.41. The molecule has 2 aromatic rings. The number of piperidine rings is 1. The molecule has 3 heterocycles. The van der Waals surface area contributed by atoms with Crippen molar-refractivity contribution in [2.75, 3.05) is 19.7 Å². The van der Waals surface area contributed by atoms with E-state index >= 15 is 0 Å². The summed E-state index contributed by atoms with van der Waals surface area (Å²) in [6.07, 6.45) is 5.64. The molecule has 0 saturated carbocycles. The summed E-state index contributed by atoms with van der Waals surface area (Å²) in [6.45, 7) is 12.2. The van der Waals surface area contributed by atoms with Crippen molar-refractivity contribution in [1.82, 2.24) is 9.88 Å². The van der Waals surface area contributed by atoms with Crippen LogP contribution in [0.3, 0.4) is 0 Å². The second kappa shape index (κ2) is 10.1. The molecule has 0 unspecified atom stereocenters. The quantitative estimate of drug-likeness (QED) is 0.557. The summed E-state index contributed by atoms with van der Waals surface area (Å²) in [5.41, 5.74) is 1.46. The van der Waals surface area contributed by atoms with Crippen LogP contribution in [0.5, 0.6) is 5.75 Å². The third-order valence-corrected chi connectivity index (χ3v) is 7.58. The van der Waals surface area contributed by atoms with Crippen molar-refractivity contribution in [3.05, 3.63) is 45.4 Å². The molecule has 2 aliphatic heterocycles. The van der Waals surface area contributed by atoms with Crippen molar-refractivity contribution in [3.8, 4) is 5.75 Å². The number of rotatable bonds is 6. The predicted molar refractivity (Wildman–Crippen MR) is 130 cm³/mol. The molecule has 2 fully saturated rings. The Labute approximate surface area is 201 Å². The molecule has 0 N–H and O–H groups in total. The normalized spacial score (nSPS) is 22.7. The molecule has 33 heavy (non-hydrogen) atoms. The van der Waals surface area contributed by atoms with Gasteiger partial charge in [-0.15, -0.1) is 11.3 Å². The number of nitrogens with zero attached hydrogens (tertiary/aromatic N) is 2. The Morgan fingerprint density at radius 3 is 2.67 bits per heavy atom. The van der Waals surface area contributed by atoms with Gasteiger partial charge in [-0.25, -0.2) is 4.98 Å². The summed E-state index contributed by atoms with van der Waals surface area (Å²) < 4.78 is 18.6. The van der Waals surface area contributed by atoms with E-state index in [1.165, 1.54) is 4.88 Å². The number of thiazole rings is 1. The first kappa shape index (κ1) is 24.2. The van der Waals surface area contributed by atoms with Gasteiger partial charge in [-0.05, 0) is 71.2 Å². The van der Waals surface area contributed by atoms with Gasteiger partial charge in [0.15, 0.2) is 0 Å². The second-order valence-electron chi connectivity index (χ2n) is 9.53. The van der Waals surface area contributed by atoms with E-state index in [0.717, 1.165) is 42.0 Å². The maximum Gasteiger partial charge on any atom is 0.253 e. The van der Waals surface area contributed by atoms with Crippen molar-refractivity contribution in [1.29, 1.82) is 0 Å². The van der Waals surface area contributed by atoms with Crippen molar-refractivity contribution >= 4 is 17.2 Å². The average Bonchev–Trinajstić information content (AvgIpc) is 3.21. The van der Waals surface area contributed by atoms with Gasteiger partial charge in [-0.2, -0.15) is 0 Å². The topological polar surface area (TPSA) is 60.9 Å². The number of ether oxygens (including phenoxy) is 3. The molecule has 2 aliphatic rings. The number of carbonyl (C=O) groups is 1. The molecular formula is C26H36N2O4S. The molecule has 1 amide bonds. The third kappa shape index (κ3) is 5.58. The van der Waals surface area contributed by atoms with Gasteiger partial charge in [0.1, 0.15) is 5.75 Å². The summed E-state index contributed by atoms with van der Waals surface area (Å²) in [6, 6.07) is 5.73. The second-order valence-corrected chi connectivity index (χ2v) is 10.8. The Balaban J connectivity index is 1.44. The fraction of sp³-hybridized carbons (Fsp3) is 0.615. The van der Waals surface area contributed by atoms with Crippen LogP contribution in [0.2, 0.25) is 0 Å². The minimum absolute atomic E-state index is 0.0138. The first-order chi connectivity index (χ1) is 15.8. The Morgan fingerprint density at radius 2 is 2.06 bits per heavy atom. The molecule has 4 rings (SSSR count). The Morgan fingerprint density at radius 1 is 1.30 bits per heavy atom. The van der Waals surface area contributed by atoms with Gasteiger partial charge in [0.25, 0.3) is 5.91 Å². The fourth-order valence-corrected chi connectivity index (χ4v) is 5.82. The lowest BCUT2D eigenvalue weighted by atomic mass is 9.81. The molecule has 1 spiro atoms. The molecule has 1 aromatic heterocycles. The lowest BCUT2D eigenvalue weighted by Crippen LogP contribution is -2.52. The zero-order valence-electron chi connectivity index (χ0n) is 20.4. The van der Waals surface area contributed by atoms with Gasteiger partial charge >= 0.3 is 0 Å². The largest absolute Gasteiger partial charge is 0.491 e. The highest BCUT2D eigenvalue weighted by atomic mass is 32.1. The van der Waals surface area contributed by atoms with Crippen LogP contribution < -0.4 is 4.74 Å². The fourth-order valence-electron chi connectivity index (χ4n) is 4.99. The van der Waals surface area contributed by atoms with Crippen LogP contribution in [0, 0.1) is 13.8 Å². The number of amides is 1. The number of hydrogen-bond donors (Lipinski definition) is 0. The minimum Gasteiger partial charge on any atom is -0.491 e. The van der Waals surface area contributed by atoms with Crippen LogP contribution in [-0.4, -0.2) is 53.3 Å². The molecule has 2 saturated heterocycles. The molecule has 6 nitrogen and oxygen atoms in total. The zero-order chi connectivity index (χ0) is 23.6. The lowest BCUT2D eigenvalue weighted by Gasteiger charge is -2.48. The van der Waals surface area contributed by atoms with E-state index in [0.29, 0.717) is 25.3 Å². The van der Waals surface area contributed by atoms with Crippen molar-refractivity contribution in [3.63, 3.8) is 0 Å². The molecule has 7 heteroatoms. The van der Waals surface area contributed by atoms with Gasteiger partial charge < -0.3 is 19.1 Å². The first-order valence-corrected chi connectivity index (χ1v) is 12.9. The van der Waals surface area contributed by atoms with Crippen LogP contribution in [0.15, 0.2) is 24.4 Å². The van der Waals surface area contributed by atoms with Crippen molar-refractivity contribution in [2.45, 2.75) is 84.2 Å². The molecule has 2 atom stereocenters. The molecule has 180 valence electrons. The summed E-state index contributed by atoms with van der Waals surface area (Å²) in [4.78, 5) is 20.8. The van der Waals surface area contributed by atoms with E-state index in [1.54, 1.807) is 11.3 Å². The van der Waals surface area contributed by atoms with Gasteiger partial charge in [-0.3, -0.25) is 4.79 Å². The van der Waals surface area contributed by atoms with Crippen LogP contribution in [0.25, 0.3) is 0 Å². The van der Waals surface area contributed by atoms with Gasteiger partial charge in [0.05, 0.1) is 33.8 Å². The van der Waals surface area contributed by atoms with Crippen LogP contribution >= 0.6 is 11.3 Å². The standard InChI is InChI=1S/C26H36N2O4S/c1-6-30-21-14-23(24-16-27-19(5)33-24)32-26(15-21)9-11-28(12-10-26)25(29)20-7-8-22(18(4)13-20)31-17(2)3/h7-8,13,16-17,21,23H,6,9-12,14-15H2,1-5H3/t21-,23-/m1/s1. The molecule has 0 bridgehead atoms. The minimum atomic E-state index is -0.248. The molecule has 0 radical (unpaired) electrons. The highest BCUT2D eigenvalue weighted by Gasteiger charge is 2.45. The van der Waals surface area contributed by atoms with Gasteiger partial charge in [-0.1, -0.05) is 0 Å². The number of benzene rings is 1. The average molecular weight is 473 g/mol. The van der Waals surface area contributed by atoms with Gasteiger partial charge in [0, 0.05) is 44.3 Å². The first-order valence-electron chi connectivity index (χ1n) is 12.1. The smallest absolute Gasteiger partial charge is 0.253 e. The van der Waals surface area contributed by atoms with E-state index in [2.05, 4.69) is 11.9 Å². The molecular weight excluding hydrogens is 436 g/mol. The summed E-state index contributed by atoms with van der Waals surface area (Å²) in [5, 5.41) is 1.06. The Hall–Kier alpha value is -1.96. The van der Waals surface area contributed by atoms with E-state index in [1.807, 2.05) is 57.0 Å². The maximum absolute atomic E-state index is 13.2.